The van der Waals surface area contributed by atoms with Gasteiger partial charge >= 0.3 is 5.97 Å². The Bertz CT molecular complexity index is 595. The Balaban J connectivity index is 2.16. The van der Waals surface area contributed by atoms with E-state index in [4.69, 9.17) is 14.9 Å². The lowest BCUT2D eigenvalue weighted by Crippen LogP contribution is -2.33. The van der Waals surface area contributed by atoms with E-state index in [0.717, 1.165) is 16.5 Å². The van der Waals surface area contributed by atoms with Crippen LogP contribution in [0.5, 0.6) is 0 Å². The molecular weight excluding hydrogens is 254 g/mol. The second-order valence-electron chi connectivity index (χ2n) is 5.93. The normalized spacial score (nSPS) is 13.4. The summed E-state index contributed by atoms with van der Waals surface area (Å²) in [5, 5.41) is 1.02. The summed E-state index contributed by atoms with van der Waals surface area (Å²) >= 11 is 0. The predicted octanol–water partition coefficient (Wildman–Crippen LogP) is 2.89. The van der Waals surface area contributed by atoms with Gasteiger partial charge in [-0.2, -0.15) is 0 Å². The van der Waals surface area contributed by atoms with Crippen molar-refractivity contribution in [3.8, 4) is 0 Å². The molecule has 1 atom stereocenters. The summed E-state index contributed by atoms with van der Waals surface area (Å²) in [5.74, 6) is -0.611. The van der Waals surface area contributed by atoms with E-state index in [1.54, 1.807) is 6.26 Å². The van der Waals surface area contributed by atoms with Gasteiger partial charge < -0.3 is 14.9 Å². The highest BCUT2D eigenvalue weighted by atomic mass is 16.6. The van der Waals surface area contributed by atoms with Crippen LogP contribution in [0.2, 0.25) is 0 Å². The molecule has 2 rings (SSSR count). The molecule has 108 valence electrons. The molecule has 0 aliphatic rings. The average Bonchev–Trinajstić information content (AvgIpc) is 2.77. The Hall–Kier alpha value is -1.81. The summed E-state index contributed by atoms with van der Waals surface area (Å²) in [6.45, 7) is 5.82. The van der Waals surface area contributed by atoms with Gasteiger partial charge in [0.2, 0.25) is 0 Å². The lowest BCUT2D eigenvalue weighted by molar-refractivity contribution is -0.159. The highest BCUT2D eigenvalue weighted by Gasteiger charge is 2.25. The maximum Gasteiger partial charge on any atom is 0.311 e. The van der Waals surface area contributed by atoms with E-state index in [2.05, 4.69) is 0 Å². The molecular formula is C16H21NO3. The molecule has 1 aromatic carbocycles. The zero-order chi connectivity index (χ0) is 14.8. The fourth-order valence-corrected chi connectivity index (χ4v) is 2.10. The fraction of sp³-hybridized carbons (Fsp3) is 0.438. The highest BCUT2D eigenvalue weighted by Crippen LogP contribution is 2.24. The van der Waals surface area contributed by atoms with E-state index in [-0.39, 0.29) is 18.4 Å². The van der Waals surface area contributed by atoms with Gasteiger partial charge in [-0.25, -0.2) is 0 Å². The van der Waals surface area contributed by atoms with Gasteiger partial charge in [-0.05, 0) is 38.8 Å². The van der Waals surface area contributed by atoms with Gasteiger partial charge in [0.15, 0.2) is 0 Å². The van der Waals surface area contributed by atoms with Crippen molar-refractivity contribution >= 4 is 16.9 Å². The third-order valence-electron chi connectivity index (χ3n) is 3.05. The number of nitrogens with two attached hydrogens (primary N) is 1. The Morgan fingerprint density at radius 1 is 1.35 bits per heavy atom. The minimum absolute atomic E-state index is 0.258. The largest absolute Gasteiger partial charge is 0.464 e. The number of fused-ring (bicyclic) bond motifs is 1. The zero-order valence-corrected chi connectivity index (χ0v) is 12.2. The molecule has 20 heavy (non-hydrogen) atoms. The molecule has 0 aliphatic heterocycles. The van der Waals surface area contributed by atoms with Crippen LogP contribution in [0.4, 0.5) is 0 Å². The number of para-hydroxylation sites is 1. The van der Waals surface area contributed by atoms with Crippen molar-refractivity contribution in [1.29, 1.82) is 0 Å². The summed E-state index contributed by atoms with van der Waals surface area (Å²) in [4.78, 5) is 12.1. The number of hydrogen-bond donors (Lipinski definition) is 1. The molecule has 1 unspecified atom stereocenters. The standard InChI is InChI=1S/C16H21NO3/c1-16(2,3)20-15(18)11(9-17)8-12-10-19-14-7-5-4-6-13(12)14/h4-7,10-11H,8-9,17H2,1-3H3. The SMILES string of the molecule is CC(C)(C)OC(=O)C(CN)Cc1coc2ccccc12. The first kappa shape index (κ1) is 14.6. The van der Waals surface area contributed by atoms with Crippen LogP contribution in [0.15, 0.2) is 34.9 Å². The maximum atomic E-state index is 12.1. The lowest BCUT2D eigenvalue weighted by atomic mass is 9.98. The Kier molecular flexibility index (Phi) is 4.14. The van der Waals surface area contributed by atoms with Gasteiger partial charge in [-0.15, -0.1) is 0 Å². The smallest absolute Gasteiger partial charge is 0.311 e. The van der Waals surface area contributed by atoms with Crippen molar-refractivity contribution in [2.75, 3.05) is 6.54 Å². The van der Waals surface area contributed by atoms with Crippen molar-refractivity contribution in [3.05, 3.63) is 36.1 Å². The molecule has 0 bridgehead atoms. The van der Waals surface area contributed by atoms with Crippen molar-refractivity contribution in [1.82, 2.24) is 0 Å². The highest BCUT2D eigenvalue weighted by molar-refractivity contribution is 5.82. The Labute approximate surface area is 118 Å². The molecule has 0 amide bonds. The van der Waals surface area contributed by atoms with E-state index in [0.29, 0.717) is 6.42 Å². The first-order valence-corrected chi connectivity index (χ1v) is 6.79. The number of benzene rings is 1. The third kappa shape index (κ3) is 3.39. The summed E-state index contributed by atoms with van der Waals surface area (Å²) in [6, 6.07) is 7.76. The summed E-state index contributed by atoms with van der Waals surface area (Å²) < 4.78 is 10.9. The van der Waals surface area contributed by atoms with Crippen LogP contribution in [0.25, 0.3) is 11.0 Å². The second kappa shape index (κ2) is 5.67. The van der Waals surface area contributed by atoms with Crippen molar-refractivity contribution in [3.63, 3.8) is 0 Å². The number of furan rings is 1. The van der Waals surface area contributed by atoms with Crippen LogP contribution in [0.1, 0.15) is 26.3 Å². The van der Waals surface area contributed by atoms with Crippen molar-refractivity contribution in [2.45, 2.75) is 32.8 Å². The number of carbonyl (C=O) groups excluding carboxylic acids is 1. The number of rotatable bonds is 4. The summed E-state index contributed by atoms with van der Waals surface area (Å²) in [6.07, 6.45) is 2.22. The first-order chi connectivity index (χ1) is 9.40. The quantitative estimate of drug-likeness (QED) is 0.871. The topological polar surface area (TPSA) is 65.5 Å². The first-order valence-electron chi connectivity index (χ1n) is 6.79. The van der Waals surface area contributed by atoms with E-state index in [9.17, 15) is 4.79 Å². The molecule has 0 saturated heterocycles. The van der Waals surface area contributed by atoms with Gasteiger partial charge in [0, 0.05) is 11.9 Å². The lowest BCUT2D eigenvalue weighted by Gasteiger charge is -2.23. The third-order valence-corrected chi connectivity index (χ3v) is 3.05. The molecule has 2 N–H and O–H groups in total. The average molecular weight is 275 g/mol. The van der Waals surface area contributed by atoms with Gasteiger partial charge in [-0.3, -0.25) is 4.79 Å². The van der Waals surface area contributed by atoms with Gasteiger partial charge in [-0.1, -0.05) is 18.2 Å². The van der Waals surface area contributed by atoms with Crippen LogP contribution < -0.4 is 5.73 Å². The Morgan fingerprint density at radius 3 is 2.70 bits per heavy atom. The maximum absolute atomic E-state index is 12.1. The molecule has 0 spiro atoms. The zero-order valence-electron chi connectivity index (χ0n) is 12.2. The van der Waals surface area contributed by atoms with Crippen LogP contribution in [-0.4, -0.2) is 18.1 Å². The molecule has 1 heterocycles. The minimum Gasteiger partial charge on any atom is -0.464 e. The van der Waals surface area contributed by atoms with Crippen LogP contribution >= 0.6 is 0 Å². The van der Waals surface area contributed by atoms with Crippen LogP contribution in [0, 0.1) is 5.92 Å². The van der Waals surface area contributed by atoms with Crippen LogP contribution in [-0.2, 0) is 16.0 Å². The van der Waals surface area contributed by atoms with E-state index >= 15 is 0 Å². The van der Waals surface area contributed by atoms with E-state index in [1.165, 1.54) is 0 Å². The van der Waals surface area contributed by atoms with Gasteiger partial charge in [0.25, 0.3) is 0 Å². The molecule has 2 aromatic rings. The summed E-state index contributed by atoms with van der Waals surface area (Å²) in [5.41, 5.74) is 7.03. The molecule has 1 aromatic heterocycles. The molecule has 4 heteroatoms. The molecule has 4 nitrogen and oxygen atoms in total. The molecule has 0 saturated carbocycles. The monoisotopic (exact) mass is 275 g/mol. The molecule has 0 fully saturated rings. The number of esters is 1. The minimum atomic E-state index is -0.497. The summed E-state index contributed by atoms with van der Waals surface area (Å²) in [7, 11) is 0. The van der Waals surface area contributed by atoms with Crippen LogP contribution in [0.3, 0.4) is 0 Å². The van der Waals surface area contributed by atoms with E-state index < -0.39 is 5.60 Å². The predicted molar refractivity (Wildman–Crippen MR) is 78.3 cm³/mol. The van der Waals surface area contributed by atoms with E-state index in [1.807, 2.05) is 45.0 Å². The number of ether oxygens (including phenoxy) is 1. The van der Waals surface area contributed by atoms with Gasteiger partial charge in [0.1, 0.15) is 11.2 Å². The second-order valence-corrected chi connectivity index (χ2v) is 5.93. The van der Waals surface area contributed by atoms with Gasteiger partial charge in [0.05, 0.1) is 12.2 Å². The Morgan fingerprint density at radius 2 is 2.05 bits per heavy atom. The number of carbonyl (C=O) groups is 1. The molecule has 0 aliphatic carbocycles. The number of hydrogen-bond acceptors (Lipinski definition) is 4. The fourth-order valence-electron chi connectivity index (χ4n) is 2.10. The molecule has 0 radical (unpaired) electrons. The van der Waals surface area contributed by atoms with Crippen molar-refractivity contribution < 1.29 is 13.9 Å². The van der Waals surface area contributed by atoms with Crippen molar-refractivity contribution in [2.24, 2.45) is 11.7 Å².